The summed E-state index contributed by atoms with van der Waals surface area (Å²) in [5, 5.41) is 5.72. The molecule has 0 spiro atoms. The van der Waals surface area contributed by atoms with Crippen molar-refractivity contribution >= 4 is 64.2 Å². The Kier molecular flexibility index (Phi) is 6.00. The minimum Gasteiger partial charge on any atom is -0.310 e. The Hall–Kier alpha value is -3.10. The van der Waals surface area contributed by atoms with E-state index in [2.05, 4.69) is 15.6 Å². The van der Waals surface area contributed by atoms with E-state index in [0.717, 1.165) is 0 Å². The van der Waals surface area contributed by atoms with E-state index in [1.165, 1.54) is 17.2 Å². The van der Waals surface area contributed by atoms with Crippen molar-refractivity contribution in [3.63, 3.8) is 0 Å². The first-order valence-corrected chi connectivity index (χ1v) is 9.80. The average Bonchev–Trinajstić information content (AvgIpc) is 2.67. The van der Waals surface area contributed by atoms with Gasteiger partial charge < -0.3 is 5.32 Å². The van der Waals surface area contributed by atoms with Gasteiger partial charge in [-0.25, -0.2) is 4.98 Å². The maximum Gasteiger partial charge on any atom is 0.270 e. The smallest absolute Gasteiger partial charge is 0.270 e. The molecular formula is C21H19ClN4O3S. The lowest BCUT2D eigenvalue weighted by atomic mass is 9.95. The van der Waals surface area contributed by atoms with Gasteiger partial charge in [-0.1, -0.05) is 32.4 Å². The van der Waals surface area contributed by atoms with Gasteiger partial charge in [0.25, 0.3) is 11.8 Å². The van der Waals surface area contributed by atoms with Gasteiger partial charge in [-0.2, -0.15) is 0 Å². The second-order valence-electron chi connectivity index (χ2n) is 7.58. The molecule has 0 radical (unpaired) electrons. The summed E-state index contributed by atoms with van der Waals surface area (Å²) >= 11 is 11.1. The Morgan fingerprint density at radius 2 is 1.87 bits per heavy atom. The number of aromatic nitrogens is 1. The highest BCUT2D eigenvalue weighted by Gasteiger charge is 2.34. The van der Waals surface area contributed by atoms with Crippen LogP contribution in [0.4, 0.5) is 11.5 Å². The molecule has 1 aliphatic heterocycles. The van der Waals surface area contributed by atoms with Crippen LogP contribution in [0.5, 0.6) is 0 Å². The fourth-order valence-corrected chi connectivity index (χ4v) is 2.98. The maximum absolute atomic E-state index is 13.1. The second kappa shape index (κ2) is 8.33. The fraction of sp³-hybridized carbons (Fsp3) is 0.190. The van der Waals surface area contributed by atoms with Crippen LogP contribution < -0.4 is 15.5 Å². The third kappa shape index (κ3) is 4.55. The lowest BCUT2D eigenvalue weighted by Crippen LogP contribution is -2.54. The van der Waals surface area contributed by atoms with Crippen molar-refractivity contribution in [3.05, 3.63) is 58.8 Å². The Labute approximate surface area is 184 Å². The molecule has 0 saturated carbocycles. The number of carbonyl (C=O) groups is 3. The lowest BCUT2D eigenvalue weighted by molar-refractivity contribution is -0.123. The standard InChI is InChI=1S/C21H19ClN4O3S/c1-21(2,3)19(29)24-16-12(5-4-10-23-16)11-15-17(27)25-20(30)26(18(15)28)14-8-6-13(22)7-9-14/h4-11H,1-3H3,(H,23,24,29)(H,25,27,30)/b15-11-. The van der Waals surface area contributed by atoms with Gasteiger partial charge >= 0.3 is 0 Å². The monoisotopic (exact) mass is 442 g/mol. The largest absolute Gasteiger partial charge is 0.310 e. The first kappa shape index (κ1) is 21.6. The minimum absolute atomic E-state index is 0.0306. The molecule has 7 nitrogen and oxygen atoms in total. The number of hydrogen-bond donors (Lipinski definition) is 2. The molecule has 0 atom stereocenters. The average molecular weight is 443 g/mol. The van der Waals surface area contributed by atoms with Crippen molar-refractivity contribution in [2.45, 2.75) is 20.8 Å². The predicted octanol–water partition coefficient (Wildman–Crippen LogP) is 3.55. The van der Waals surface area contributed by atoms with Gasteiger partial charge in [0, 0.05) is 22.2 Å². The van der Waals surface area contributed by atoms with Crippen LogP contribution in [0, 0.1) is 5.41 Å². The quantitative estimate of drug-likeness (QED) is 0.431. The first-order valence-electron chi connectivity index (χ1n) is 9.01. The number of benzene rings is 1. The molecule has 1 aliphatic rings. The van der Waals surface area contributed by atoms with Crippen LogP contribution in [0.15, 0.2) is 48.2 Å². The maximum atomic E-state index is 13.1. The molecule has 0 unspecified atom stereocenters. The van der Waals surface area contributed by atoms with Crippen molar-refractivity contribution in [1.29, 1.82) is 0 Å². The zero-order chi connectivity index (χ0) is 22.1. The molecule has 2 N–H and O–H groups in total. The van der Waals surface area contributed by atoms with E-state index in [-0.39, 0.29) is 22.4 Å². The molecule has 0 bridgehead atoms. The Morgan fingerprint density at radius 3 is 2.50 bits per heavy atom. The number of nitrogens with zero attached hydrogens (tertiary/aromatic N) is 2. The zero-order valence-corrected chi connectivity index (χ0v) is 18.1. The summed E-state index contributed by atoms with van der Waals surface area (Å²) in [6.45, 7) is 5.31. The van der Waals surface area contributed by atoms with Crippen LogP contribution in [0.1, 0.15) is 26.3 Å². The van der Waals surface area contributed by atoms with Gasteiger partial charge in [0.15, 0.2) is 5.11 Å². The molecule has 2 heterocycles. The van der Waals surface area contributed by atoms with Gasteiger partial charge in [0.1, 0.15) is 11.4 Å². The summed E-state index contributed by atoms with van der Waals surface area (Å²) in [4.78, 5) is 43.3. The number of anilines is 2. The summed E-state index contributed by atoms with van der Waals surface area (Å²) in [7, 11) is 0. The van der Waals surface area contributed by atoms with Crippen LogP contribution in [-0.4, -0.2) is 27.8 Å². The van der Waals surface area contributed by atoms with E-state index in [1.54, 1.807) is 57.2 Å². The summed E-state index contributed by atoms with van der Waals surface area (Å²) < 4.78 is 0. The minimum atomic E-state index is -0.641. The van der Waals surface area contributed by atoms with Crippen LogP contribution in [0.3, 0.4) is 0 Å². The molecule has 3 rings (SSSR count). The van der Waals surface area contributed by atoms with Crippen molar-refractivity contribution in [1.82, 2.24) is 10.3 Å². The third-order valence-corrected chi connectivity index (χ3v) is 4.77. The number of nitrogens with one attached hydrogen (secondary N) is 2. The molecule has 0 aliphatic carbocycles. The summed E-state index contributed by atoms with van der Waals surface area (Å²) in [5.41, 5.74) is 0.0976. The molecule has 1 aromatic heterocycles. The number of thiocarbonyl (C=S) groups is 1. The number of rotatable bonds is 3. The van der Waals surface area contributed by atoms with Crippen molar-refractivity contribution in [2.75, 3.05) is 10.2 Å². The van der Waals surface area contributed by atoms with Crippen molar-refractivity contribution < 1.29 is 14.4 Å². The van der Waals surface area contributed by atoms with Crippen molar-refractivity contribution in [3.8, 4) is 0 Å². The van der Waals surface area contributed by atoms with E-state index in [0.29, 0.717) is 16.3 Å². The Morgan fingerprint density at radius 1 is 1.20 bits per heavy atom. The molecule has 1 saturated heterocycles. The topological polar surface area (TPSA) is 91.4 Å². The number of amides is 3. The highest BCUT2D eigenvalue weighted by molar-refractivity contribution is 7.80. The van der Waals surface area contributed by atoms with Crippen LogP contribution in [0.2, 0.25) is 5.02 Å². The van der Waals surface area contributed by atoms with Gasteiger partial charge in [0.05, 0.1) is 5.69 Å². The second-order valence-corrected chi connectivity index (χ2v) is 8.40. The van der Waals surface area contributed by atoms with Crippen molar-refractivity contribution in [2.24, 2.45) is 5.41 Å². The van der Waals surface area contributed by atoms with Crippen LogP contribution >= 0.6 is 23.8 Å². The van der Waals surface area contributed by atoms with E-state index < -0.39 is 17.2 Å². The molecule has 9 heteroatoms. The Balaban J connectivity index is 1.99. The van der Waals surface area contributed by atoms with Gasteiger partial charge in [-0.15, -0.1) is 0 Å². The van der Waals surface area contributed by atoms with E-state index >= 15 is 0 Å². The number of carbonyl (C=O) groups excluding carboxylic acids is 3. The molecule has 30 heavy (non-hydrogen) atoms. The molecule has 2 aromatic rings. The van der Waals surface area contributed by atoms with Gasteiger partial charge in [-0.3, -0.25) is 24.6 Å². The van der Waals surface area contributed by atoms with Crippen LogP contribution in [-0.2, 0) is 14.4 Å². The van der Waals surface area contributed by atoms with E-state index in [4.69, 9.17) is 23.8 Å². The number of pyridine rings is 1. The predicted molar refractivity (Wildman–Crippen MR) is 120 cm³/mol. The number of hydrogen-bond acceptors (Lipinski definition) is 5. The fourth-order valence-electron chi connectivity index (χ4n) is 2.57. The first-order chi connectivity index (χ1) is 14.1. The SMILES string of the molecule is CC(C)(C)C(=O)Nc1ncccc1/C=C1/C(=O)NC(=S)N(c2ccc(Cl)cc2)C1=O. The summed E-state index contributed by atoms with van der Waals surface area (Å²) in [5.74, 6) is -1.23. The third-order valence-electron chi connectivity index (χ3n) is 4.24. The normalized spacial score (nSPS) is 15.9. The Bertz CT molecular complexity index is 1070. The summed E-state index contributed by atoms with van der Waals surface area (Å²) in [6.07, 6.45) is 2.89. The summed E-state index contributed by atoms with van der Waals surface area (Å²) in [6, 6.07) is 9.79. The highest BCUT2D eigenvalue weighted by Crippen LogP contribution is 2.25. The molecule has 1 fully saturated rings. The van der Waals surface area contributed by atoms with E-state index in [9.17, 15) is 14.4 Å². The van der Waals surface area contributed by atoms with E-state index in [1.807, 2.05) is 0 Å². The molecule has 3 amide bonds. The molecule has 1 aromatic carbocycles. The van der Waals surface area contributed by atoms with Crippen LogP contribution in [0.25, 0.3) is 6.08 Å². The molecule has 154 valence electrons. The van der Waals surface area contributed by atoms with Gasteiger partial charge in [-0.05, 0) is 54.7 Å². The molecular weight excluding hydrogens is 424 g/mol. The highest BCUT2D eigenvalue weighted by atomic mass is 35.5. The lowest BCUT2D eigenvalue weighted by Gasteiger charge is -2.29. The number of halogens is 1. The van der Waals surface area contributed by atoms with Gasteiger partial charge in [0.2, 0.25) is 5.91 Å². The zero-order valence-electron chi connectivity index (χ0n) is 16.5.